The van der Waals surface area contributed by atoms with Gasteiger partial charge in [-0.05, 0) is 82.2 Å². The Kier molecular flexibility index (Phi) is 18.2. The topological polar surface area (TPSA) is 154 Å². The van der Waals surface area contributed by atoms with Crippen molar-refractivity contribution in [2.75, 3.05) is 65.6 Å². The first-order chi connectivity index (χ1) is 31.1. The Bertz CT molecular complexity index is 2370. The number of ether oxygens (including phenoxy) is 4. The molecule has 0 radical (unpaired) electrons. The van der Waals surface area contributed by atoms with Crippen LogP contribution in [0, 0.1) is 34.1 Å². The number of aromatic nitrogens is 3. The number of halogens is 2. The molecular formula is C48H59F2N7O7. The highest BCUT2D eigenvalue weighted by atomic mass is 19.1. The number of hydrogen-bond donors (Lipinski definition) is 1. The Hall–Kier alpha value is -5.86. The molecule has 6 heterocycles. The number of nitrogens with one attached hydrogen (secondary N) is 1. The van der Waals surface area contributed by atoms with Crippen molar-refractivity contribution in [2.45, 2.75) is 83.4 Å². The summed E-state index contributed by atoms with van der Waals surface area (Å²) >= 11 is 0. The number of nitro benzene ring substituents is 1. The van der Waals surface area contributed by atoms with Gasteiger partial charge in [0.05, 0.1) is 41.8 Å². The number of non-ortho nitro benzene ring substituents is 1. The van der Waals surface area contributed by atoms with Crippen LogP contribution in [-0.4, -0.2) is 110 Å². The van der Waals surface area contributed by atoms with Gasteiger partial charge in [0.2, 0.25) is 0 Å². The van der Waals surface area contributed by atoms with Gasteiger partial charge in [-0.2, -0.15) is 9.97 Å². The molecule has 1 spiro atoms. The predicted molar refractivity (Wildman–Crippen MR) is 245 cm³/mol. The maximum Gasteiger partial charge on any atom is 0.318 e. The average Bonchev–Trinajstić information content (AvgIpc) is 3.95. The summed E-state index contributed by atoms with van der Waals surface area (Å²) in [5.74, 6) is 2.07. The number of hydrogen-bond acceptors (Lipinski definition) is 13. The summed E-state index contributed by atoms with van der Waals surface area (Å²) in [4.78, 5) is 37.6. The van der Waals surface area contributed by atoms with E-state index in [1.54, 1.807) is 30.5 Å². The molecule has 64 heavy (non-hydrogen) atoms. The first-order valence-corrected chi connectivity index (χ1v) is 21.8. The molecule has 0 aliphatic carbocycles. The molecule has 4 aliphatic heterocycles. The van der Waals surface area contributed by atoms with Gasteiger partial charge in [0, 0.05) is 68.0 Å². The first kappa shape index (κ1) is 49.2. The van der Waals surface area contributed by atoms with E-state index in [4.69, 9.17) is 20.6 Å². The Morgan fingerprint density at radius 1 is 1.05 bits per heavy atom. The second-order valence-electron chi connectivity index (χ2n) is 15.4. The van der Waals surface area contributed by atoms with Crippen LogP contribution in [0.25, 0.3) is 32.9 Å². The third-order valence-corrected chi connectivity index (χ3v) is 11.7. The van der Waals surface area contributed by atoms with Crippen LogP contribution in [0.5, 0.6) is 11.8 Å². The molecule has 3 unspecified atom stereocenters. The first-order valence-electron chi connectivity index (χ1n) is 21.8. The Balaban J connectivity index is 0.000000216. The maximum absolute atomic E-state index is 16.1. The van der Waals surface area contributed by atoms with Crippen molar-refractivity contribution < 1.29 is 37.4 Å². The molecule has 4 aliphatic rings. The van der Waals surface area contributed by atoms with Crippen LogP contribution in [-0.2, 0) is 14.3 Å². The van der Waals surface area contributed by atoms with Gasteiger partial charge in [-0.15, -0.1) is 6.42 Å². The number of benzene rings is 3. The summed E-state index contributed by atoms with van der Waals surface area (Å²) in [6, 6.07) is 15.1. The molecule has 0 amide bonds. The minimum atomic E-state index is -0.643. The van der Waals surface area contributed by atoms with E-state index in [1.807, 2.05) is 28.0 Å². The van der Waals surface area contributed by atoms with Gasteiger partial charge in [-0.3, -0.25) is 24.8 Å². The Labute approximate surface area is 373 Å². The number of methoxy groups -OCH3 is 2. The Morgan fingerprint density at radius 2 is 1.80 bits per heavy atom. The zero-order chi connectivity index (χ0) is 46.2. The van der Waals surface area contributed by atoms with Crippen LogP contribution in [0.4, 0.5) is 20.3 Å². The van der Waals surface area contributed by atoms with E-state index in [-0.39, 0.29) is 46.3 Å². The summed E-state index contributed by atoms with van der Waals surface area (Å²) in [6.45, 7) is 11.8. The third kappa shape index (κ3) is 11.4. The molecule has 3 atom stereocenters. The van der Waals surface area contributed by atoms with Gasteiger partial charge in [-0.1, -0.05) is 51.0 Å². The minimum Gasteiger partial charge on any atom is -0.467 e. The highest BCUT2D eigenvalue weighted by molar-refractivity contribution is 6.02. The monoisotopic (exact) mass is 883 g/mol. The van der Waals surface area contributed by atoms with Gasteiger partial charge in [0.15, 0.2) is 5.82 Å². The number of fused-ring (bicyclic) bond motifs is 3. The molecule has 342 valence electrons. The zero-order valence-electron chi connectivity index (χ0n) is 37.6. The molecule has 0 bridgehead atoms. The van der Waals surface area contributed by atoms with Crippen molar-refractivity contribution >= 4 is 39.7 Å². The molecule has 4 fully saturated rings. The van der Waals surface area contributed by atoms with Crippen LogP contribution in [0.15, 0.2) is 60.8 Å². The van der Waals surface area contributed by atoms with Crippen molar-refractivity contribution in [1.82, 2.24) is 25.2 Å². The fourth-order valence-corrected chi connectivity index (χ4v) is 8.50. The second-order valence-corrected chi connectivity index (χ2v) is 15.4. The highest BCUT2D eigenvalue weighted by Gasteiger charge is 2.43. The van der Waals surface area contributed by atoms with E-state index in [1.165, 1.54) is 69.7 Å². The summed E-state index contributed by atoms with van der Waals surface area (Å²) in [7, 11) is 5.19. The van der Waals surface area contributed by atoms with Gasteiger partial charge in [0.1, 0.15) is 28.6 Å². The van der Waals surface area contributed by atoms with E-state index >= 15 is 4.39 Å². The lowest BCUT2D eigenvalue weighted by Crippen LogP contribution is -2.56. The lowest BCUT2D eigenvalue weighted by atomic mass is 9.86. The number of pyridine rings is 1. The van der Waals surface area contributed by atoms with Crippen molar-refractivity contribution in [3.8, 4) is 35.4 Å². The van der Waals surface area contributed by atoms with Crippen LogP contribution in [0.3, 0.4) is 0 Å². The molecule has 9 rings (SSSR count). The fraction of sp³-hybridized carbons (Fsp3) is 0.458. The average molecular weight is 884 g/mol. The van der Waals surface area contributed by atoms with Crippen LogP contribution < -0.4 is 19.7 Å². The van der Waals surface area contributed by atoms with Crippen molar-refractivity contribution in [3.63, 3.8) is 0 Å². The van der Waals surface area contributed by atoms with Crippen LogP contribution in [0.2, 0.25) is 0 Å². The van der Waals surface area contributed by atoms with Crippen molar-refractivity contribution in [1.29, 1.82) is 0 Å². The lowest BCUT2D eigenvalue weighted by molar-refractivity contribution is -0.384. The van der Waals surface area contributed by atoms with Crippen molar-refractivity contribution in [2.24, 2.45) is 0 Å². The lowest BCUT2D eigenvalue weighted by Gasteiger charge is -2.48. The molecule has 2 aromatic heterocycles. The van der Waals surface area contributed by atoms with Gasteiger partial charge in [0.25, 0.3) is 12.2 Å². The van der Waals surface area contributed by atoms with E-state index in [0.29, 0.717) is 34.1 Å². The van der Waals surface area contributed by atoms with Crippen molar-refractivity contribution in [3.05, 3.63) is 88.1 Å². The minimum absolute atomic E-state index is 0.0340. The van der Waals surface area contributed by atoms with Gasteiger partial charge in [-0.25, -0.2) is 8.78 Å². The molecule has 0 saturated carbocycles. The number of piperidine rings is 1. The Morgan fingerprint density at radius 3 is 2.42 bits per heavy atom. The summed E-state index contributed by atoms with van der Waals surface area (Å²) in [5, 5.41) is 14.7. The number of carbonyl (C=O) groups excluding carboxylic acids is 1. The summed E-state index contributed by atoms with van der Waals surface area (Å²) in [6.07, 6.45) is 15.7. The molecule has 1 N–H and O–H groups in total. The maximum atomic E-state index is 16.1. The van der Waals surface area contributed by atoms with E-state index in [2.05, 4.69) is 47.6 Å². The van der Waals surface area contributed by atoms with Crippen LogP contribution >= 0.6 is 0 Å². The van der Waals surface area contributed by atoms with Gasteiger partial charge >= 0.3 is 6.01 Å². The zero-order valence-corrected chi connectivity index (χ0v) is 37.6. The molecule has 14 nitrogen and oxygen atoms in total. The second kappa shape index (κ2) is 23.7. The molecule has 4 saturated heterocycles. The third-order valence-electron chi connectivity index (χ3n) is 11.7. The van der Waals surface area contributed by atoms with E-state index in [0.717, 1.165) is 57.6 Å². The molecule has 3 aromatic carbocycles. The molecular weight excluding hydrogens is 825 g/mol. The summed E-state index contributed by atoms with van der Waals surface area (Å²) < 4.78 is 51.5. The standard InChI is InChI=1S/C27H22F2N4O2.C9H17NO.C7H5NO4.C3H9N.C2H6/c1-3-17-20(28)9-8-16-6-4-7-18(21(16)17)23-22(29)24-19(14-30-23)25(32-26(31-24)34-2)33-12-5-10-27(15-33)11-13-35-27;1-11-7-9-5-4-8-3-2-6-10(8)9;9-5-12-7-3-1-6(2-4-7)8(10)11;1-3-4-2;1-2/h1,4,6-9,14H,5,10-13,15H2,2H3;8-9H,2-7H2,1H3;1-5H;4H,3H2,1-2H3;1-2H3. The van der Waals surface area contributed by atoms with E-state index in [9.17, 15) is 19.3 Å². The molecule has 5 aromatic rings. The quantitative estimate of drug-likeness (QED) is 0.0652. The number of terminal acetylenes is 1. The smallest absolute Gasteiger partial charge is 0.318 e. The van der Waals surface area contributed by atoms with Crippen LogP contribution in [0.1, 0.15) is 71.3 Å². The number of nitro groups is 1. The SMILES string of the molecule is C#Cc1c(F)ccc2cccc(-c3ncc4c(N5CCCC6(CCO6)C5)nc(OC)nc4c3F)c12.CC.CCNC.COCC1CCC2CCCN21.O=COc1ccc([N+](=O)[O-])cc1. The number of carbonyl (C=O) groups is 1. The molecule has 16 heteroatoms. The fourth-order valence-electron chi connectivity index (χ4n) is 8.50. The van der Waals surface area contributed by atoms with E-state index < -0.39 is 16.6 Å². The largest absolute Gasteiger partial charge is 0.467 e. The number of anilines is 1. The van der Waals surface area contributed by atoms with Gasteiger partial charge < -0.3 is 29.2 Å². The number of nitrogens with zero attached hydrogens (tertiary/aromatic N) is 6. The normalized spacial score (nSPS) is 19.5. The summed E-state index contributed by atoms with van der Waals surface area (Å²) in [5.41, 5.74) is 0.379. The highest BCUT2D eigenvalue weighted by Crippen LogP contribution is 2.40. The predicted octanol–water partition coefficient (Wildman–Crippen LogP) is 8.51. The number of rotatable bonds is 9.